The van der Waals surface area contributed by atoms with Gasteiger partial charge in [0.2, 0.25) is 5.91 Å². The van der Waals surface area contributed by atoms with Crippen LogP contribution >= 0.6 is 0 Å². The van der Waals surface area contributed by atoms with Gasteiger partial charge in [0, 0.05) is 32.1 Å². The SMILES string of the molecule is COC(=O)CCN(CCNC(C)=O)C(=O)c1ccc(C(C)(C)C)cc1. The van der Waals surface area contributed by atoms with Crippen LogP contribution in [0.15, 0.2) is 24.3 Å². The lowest BCUT2D eigenvalue weighted by atomic mass is 9.86. The third-order valence-electron chi connectivity index (χ3n) is 3.85. The van der Waals surface area contributed by atoms with Gasteiger partial charge in [0.15, 0.2) is 0 Å². The number of benzene rings is 1. The van der Waals surface area contributed by atoms with Crippen molar-refractivity contribution in [2.75, 3.05) is 26.7 Å². The monoisotopic (exact) mass is 348 g/mol. The molecule has 0 aromatic heterocycles. The fourth-order valence-corrected chi connectivity index (χ4v) is 2.31. The van der Waals surface area contributed by atoms with E-state index in [1.807, 2.05) is 12.1 Å². The molecule has 0 aliphatic carbocycles. The second-order valence-corrected chi connectivity index (χ2v) is 6.93. The molecule has 138 valence electrons. The Hall–Kier alpha value is -2.37. The predicted molar refractivity (Wildman–Crippen MR) is 96.4 cm³/mol. The molecule has 1 rings (SSSR count). The largest absolute Gasteiger partial charge is 0.469 e. The molecule has 1 aromatic carbocycles. The first-order valence-electron chi connectivity index (χ1n) is 8.36. The Balaban J connectivity index is 2.85. The first kappa shape index (κ1) is 20.7. The van der Waals surface area contributed by atoms with Crippen molar-refractivity contribution in [2.24, 2.45) is 0 Å². The van der Waals surface area contributed by atoms with Crippen LogP contribution in [-0.2, 0) is 19.7 Å². The van der Waals surface area contributed by atoms with Crippen LogP contribution < -0.4 is 5.32 Å². The van der Waals surface area contributed by atoms with E-state index in [1.54, 1.807) is 17.0 Å². The van der Waals surface area contributed by atoms with E-state index < -0.39 is 0 Å². The van der Waals surface area contributed by atoms with Gasteiger partial charge >= 0.3 is 5.97 Å². The van der Waals surface area contributed by atoms with Gasteiger partial charge in [-0.25, -0.2) is 0 Å². The van der Waals surface area contributed by atoms with Gasteiger partial charge in [-0.2, -0.15) is 0 Å². The smallest absolute Gasteiger partial charge is 0.307 e. The van der Waals surface area contributed by atoms with Crippen LogP contribution in [0.1, 0.15) is 50.0 Å². The highest BCUT2D eigenvalue weighted by molar-refractivity contribution is 5.94. The van der Waals surface area contributed by atoms with Crippen LogP contribution in [0.5, 0.6) is 0 Å². The molecule has 6 nitrogen and oxygen atoms in total. The third-order valence-corrected chi connectivity index (χ3v) is 3.85. The molecule has 0 aliphatic heterocycles. The van der Waals surface area contributed by atoms with Crippen molar-refractivity contribution >= 4 is 17.8 Å². The quantitative estimate of drug-likeness (QED) is 0.766. The summed E-state index contributed by atoms with van der Waals surface area (Å²) in [4.78, 5) is 36.7. The number of carbonyl (C=O) groups excluding carboxylic acids is 3. The highest BCUT2D eigenvalue weighted by Crippen LogP contribution is 2.22. The molecule has 0 saturated heterocycles. The van der Waals surface area contributed by atoms with E-state index >= 15 is 0 Å². The molecule has 0 atom stereocenters. The van der Waals surface area contributed by atoms with E-state index in [0.717, 1.165) is 5.56 Å². The van der Waals surface area contributed by atoms with Crippen molar-refractivity contribution in [1.29, 1.82) is 0 Å². The number of hydrogen-bond acceptors (Lipinski definition) is 4. The second-order valence-electron chi connectivity index (χ2n) is 6.93. The normalized spacial score (nSPS) is 10.9. The van der Waals surface area contributed by atoms with Gasteiger partial charge in [0.1, 0.15) is 0 Å². The van der Waals surface area contributed by atoms with Gasteiger partial charge in [0.25, 0.3) is 5.91 Å². The van der Waals surface area contributed by atoms with E-state index in [2.05, 4.69) is 30.8 Å². The van der Waals surface area contributed by atoms with Gasteiger partial charge in [-0.05, 0) is 23.1 Å². The highest BCUT2D eigenvalue weighted by Gasteiger charge is 2.19. The van der Waals surface area contributed by atoms with Crippen molar-refractivity contribution in [3.05, 3.63) is 35.4 Å². The lowest BCUT2D eigenvalue weighted by Crippen LogP contribution is -2.39. The summed E-state index contributed by atoms with van der Waals surface area (Å²) in [5.41, 5.74) is 1.71. The topological polar surface area (TPSA) is 75.7 Å². The van der Waals surface area contributed by atoms with E-state index in [1.165, 1.54) is 14.0 Å². The molecule has 0 heterocycles. The lowest BCUT2D eigenvalue weighted by Gasteiger charge is -2.23. The highest BCUT2D eigenvalue weighted by atomic mass is 16.5. The lowest BCUT2D eigenvalue weighted by molar-refractivity contribution is -0.140. The molecule has 25 heavy (non-hydrogen) atoms. The Labute approximate surface area is 149 Å². The number of esters is 1. The number of nitrogens with one attached hydrogen (secondary N) is 1. The second kappa shape index (κ2) is 9.20. The zero-order valence-electron chi connectivity index (χ0n) is 15.7. The van der Waals surface area contributed by atoms with Crippen LogP contribution in [0.3, 0.4) is 0 Å². The summed E-state index contributed by atoms with van der Waals surface area (Å²) >= 11 is 0. The summed E-state index contributed by atoms with van der Waals surface area (Å²) < 4.78 is 4.64. The standard InChI is InChI=1S/C19H28N2O4/c1-14(22)20-11-13-21(12-10-17(23)25-5)18(24)15-6-8-16(9-7-15)19(2,3)4/h6-9H,10-13H2,1-5H3,(H,20,22). The summed E-state index contributed by atoms with van der Waals surface area (Å²) in [7, 11) is 1.32. The maximum atomic E-state index is 12.7. The molecule has 0 unspecified atom stereocenters. The minimum absolute atomic E-state index is 0.0115. The van der Waals surface area contributed by atoms with Gasteiger partial charge in [-0.1, -0.05) is 32.9 Å². The number of hydrogen-bond donors (Lipinski definition) is 1. The molecule has 0 fully saturated rings. The number of carbonyl (C=O) groups is 3. The zero-order chi connectivity index (χ0) is 19.0. The maximum absolute atomic E-state index is 12.7. The fraction of sp³-hybridized carbons (Fsp3) is 0.526. The number of nitrogens with zero attached hydrogens (tertiary/aromatic N) is 1. The van der Waals surface area contributed by atoms with Gasteiger partial charge < -0.3 is 15.0 Å². The van der Waals surface area contributed by atoms with Crippen LogP contribution in [0.2, 0.25) is 0 Å². The molecule has 0 saturated carbocycles. The van der Waals surface area contributed by atoms with Gasteiger partial charge in [0.05, 0.1) is 13.5 Å². The zero-order valence-corrected chi connectivity index (χ0v) is 15.7. The Morgan fingerprint density at radius 1 is 1.08 bits per heavy atom. The first-order valence-corrected chi connectivity index (χ1v) is 8.36. The van der Waals surface area contributed by atoms with Crippen molar-refractivity contribution in [3.63, 3.8) is 0 Å². The summed E-state index contributed by atoms with van der Waals surface area (Å²) in [6, 6.07) is 7.48. The molecule has 0 bridgehead atoms. The van der Waals surface area contributed by atoms with E-state index in [-0.39, 0.29) is 36.2 Å². The number of ether oxygens (including phenoxy) is 1. The minimum Gasteiger partial charge on any atom is -0.469 e. The fourth-order valence-electron chi connectivity index (χ4n) is 2.31. The predicted octanol–water partition coefficient (Wildman–Crippen LogP) is 2.13. The number of rotatable bonds is 7. The van der Waals surface area contributed by atoms with Crippen molar-refractivity contribution in [2.45, 2.75) is 39.5 Å². The number of amides is 2. The summed E-state index contributed by atoms with van der Waals surface area (Å²) in [6.45, 7) is 8.66. The molecule has 6 heteroatoms. The third kappa shape index (κ3) is 6.95. The van der Waals surface area contributed by atoms with Crippen molar-refractivity contribution in [1.82, 2.24) is 10.2 Å². The minimum atomic E-state index is -0.375. The molecule has 0 radical (unpaired) electrons. The Bertz CT molecular complexity index is 603. The summed E-state index contributed by atoms with van der Waals surface area (Å²) in [5.74, 6) is -0.704. The average molecular weight is 348 g/mol. The molecule has 2 amide bonds. The summed E-state index contributed by atoms with van der Waals surface area (Å²) in [5, 5.41) is 2.66. The van der Waals surface area contributed by atoms with Crippen molar-refractivity contribution < 1.29 is 19.1 Å². The van der Waals surface area contributed by atoms with Crippen LogP contribution in [0, 0.1) is 0 Å². The number of methoxy groups -OCH3 is 1. The molecule has 0 aliphatic rings. The van der Waals surface area contributed by atoms with E-state index in [9.17, 15) is 14.4 Å². The maximum Gasteiger partial charge on any atom is 0.307 e. The molecular weight excluding hydrogens is 320 g/mol. The van der Waals surface area contributed by atoms with Crippen molar-refractivity contribution in [3.8, 4) is 0 Å². The van der Waals surface area contributed by atoms with Crippen LogP contribution in [-0.4, -0.2) is 49.4 Å². The first-order chi connectivity index (χ1) is 11.6. The Morgan fingerprint density at radius 3 is 2.16 bits per heavy atom. The Morgan fingerprint density at radius 2 is 1.68 bits per heavy atom. The summed E-state index contributed by atoms with van der Waals surface area (Å²) in [6.07, 6.45) is 0.113. The van der Waals surface area contributed by atoms with Crippen LogP contribution in [0.25, 0.3) is 0 Å². The molecule has 1 N–H and O–H groups in total. The molecule has 1 aromatic rings. The molecule has 0 spiro atoms. The van der Waals surface area contributed by atoms with Crippen LogP contribution in [0.4, 0.5) is 0 Å². The van der Waals surface area contributed by atoms with Gasteiger partial charge in [-0.15, -0.1) is 0 Å². The Kier molecular flexibility index (Phi) is 7.61. The van der Waals surface area contributed by atoms with Gasteiger partial charge in [-0.3, -0.25) is 14.4 Å². The van der Waals surface area contributed by atoms with E-state index in [0.29, 0.717) is 18.7 Å². The molecular formula is C19H28N2O4. The van der Waals surface area contributed by atoms with E-state index in [4.69, 9.17) is 0 Å². The average Bonchev–Trinajstić information content (AvgIpc) is 2.56.